The summed E-state index contributed by atoms with van der Waals surface area (Å²) in [5.41, 5.74) is 0.112. The molecular weight excluding hydrogens is 398 g/mol. The fourth-order valence-corrected chi connectivity index (χ4v) is 3.26. The smallest absolute Gasteiger partial charge is 0.333 e. The maximum atomic E-state index is 13.2. The highest BCUT2D eigenvalue weighted by atomic mass is 16.5. The van der Waals surface area contributed by atoms with E-state index in [0.29, 0.717) is 11.4 Å². The van der Waals surface area contributed by atoms with Crippen molar-refractivity contribution >= 4 is 22.8 Å². The number of methoxy groups -OCH3 is 1. The van der Waals surface area contributed by atoms with Crippen LogP contribution in [0.25, 0.3) is 11.2 Å². The molecule has 4 rings (SSSR count). The molecule has 0 aliphatic rings. The fraction of sp³-hybridized carbons (Fsp3) is 0.136. The molecule has 0 aliphatic carbocycles. The Morgan fingerprint density at radius 3 is 2.45 bits per heavy atom. The number of carbonyl (C=O) groups is 1. The lowest BCUT2D eigenvalue weighted by molar-refractivity contribution is -0.116. The highest BCUT2D eigenvalue weighted by molar-refractivity contribution is 5.92. The summed E-state index contributed by atoms with van der Waals surface area (Å²) in [4.78, 5) is 47.0. The Morgan fingerprint density at radius 1 is 0.968 bits per heavy atom. The number of aromatic nitrogens is 4. The van der Waals surface area contributed by atoms with Crippen LogP contribution in [0.5, 0.6) is 5.75 Å². The van der Waals surface area contributed by atoms with Crippen LogP contribution in [0.1, 0.15) is 5.56 Å². The van der Waals surface area contributed by atoms with Crippen LogP contribution in [0.2, 0.25) is 0 Å². The van der Waals surface area contributed by atoms with Crippen molar-refractivity contribution in [2.75, 3.05) is 12.4 Å². The third-order valence-electron chi connectivity index (χ3n) is 4.71. The van der Waals surface area contributed by atoms with Crippen molar-refractivity contribution in [3.8, 4) is 5.75 Å². The average Bonchev–Trinajstić information content (AvgIpc) is 2.80. The first-order valence-electron chi connectivity index (χ1n) is 9.49. The molecule has 4 aromatic rings. The Hall–Kier alpha value is -4.27. The molecule has 0 fully saturated rings. The van der Waals surface area contributed by atoms with E-state index in [0.717, 1.165) is 14.7 Å². The van der Waals surface area contributed by atoms with E-state index < -0.39 is 17.2 Å². The molecule has 0 aliphatic heterocycles. The number of fused-ring (bicyclic) bond motifs is 1. The summed E-state index contributed by atoms with van der Waals surface area (Å²) in [5.74, 6) is 0.0188. The summed E-state index contributed by atoms with van der Waals surface area (Å²) in [7, 11) is 1.50. The number of rotatable bonds is 6. The molecule has 156 valence electrons. The van der Waals surface area contributed by atoms with Crippen molar-refractivity contribution in [2.45, 2.75) is 13.1 Å². The van der Waals surface area contributed by atoms with Crippen molar-refractivity contribution < 1.29 is 9.53 Å². The number of nitrogens with one attached hydrogen (secondary N) is 1. The number of nitrogens with zero attached hydrogens (tertiary/aromatic N) is 4. The fourth-order valence-electron chi connectivity index (χ4n) is 3.26. The molecule has 1 amide bonds. The van der Waals surface area contributed by atoms with Crippen molar-refractivity contribution in [3.63, 3.8) is 0 Å². The van der Waals surface area contributed by atoms with Crippen LogP contribution in [0.4, 0.5) is 5.69 Å². The van der Waals surface area contributed by atoms with Crippen LogP contribution in [-0.2, 0) is 17.9 Å². The number of carbonyl (C=O) groups excluding carboxylic acids is 1. The van der Waals surface area contributed by atoms with Crippen molar-refractivity contribution in [3.05, 3.63) is 93.4 Å². The Kier molecular flexibility index (Phi) is 5.57. The van der Waals surface area contributed by atoms with E-state index >= 15 is 0 Å². The molecule has 2 heterocycles. The summed E-state index contributed by atoms with van der Waals surface area (Å²) in [6.45, 7) is -0.291. The number of ether oxygens (including phenoxy) is 1. The Balaban J connectivity index is 1.75. The lowest BCUT2D eigenvalue weighted by Crippen LogP contribution is -2.42. The number of hydrogen-bond donors (Lipinski definition) is 1. The van der Waals surface area contributed by atoms with Crippen molar-refractivity contribution in [1.29, 1.82) is 0 Å². The van der Waals surface area contributed by atoms with Crippen LogP contribution >= 0.6 is 0 Å². The van der Waals surface area contributed by atoms with Gasteiger partial charge in [0.15, 0.2) is 11.2 Å². The first-order valence-corrected chi connectivity index (χ1v) is 9.49. The van der Waals surface area contributed by atoms with Crippen LogP contribution in [-0.4, -0.2) is 32.1 Å². The first kappa shape index (κ1) is 20.0. The van der Waals surface area contributed by atoms with Gasteiger partial charge < -0.3 is 10.1 Å². The second-order valence-corrected chi connectivity index (χ2v) is 6.72. The molecule has 0 saturated carbocycles. The van der Waals surface area contributed by atoms with Crippen molar-refractivity contribution in [2.24, 2.45) is 0 Å². The Bertz CT molecular complexity index is 1360. The summed E-state index contributed by atoms with van der Waals surface area (Å²) in [5, 5.41) is 2.73. The van der Waals surface area contributed by atoms with Gasteiger partial charge in [-0.25, -0.2) is 14.8 Å². The van der Waals surface area contributed by atoms with Gasteiger partial charge in [0.05, 0.1) is 19.3 Å². The van der Waals surface area contributed by atoms with Crippen LogP contribution in [0.3, 0.4) is 0 Å². The normalized spacial score (nSPS) is 10.7. The predicted octanol–water partition coefficient (Wildman–Crippen LogP) is 1.65. The van der Waals surface area contributed by atoms with Gasteiger partial charge in [-0.05, 0) is 17.7 Å². The number of benzene rings is 2. The molecule has 9 heteroatoms. The maximum Gasteiger partial charge on any atom is 0.333 e. The lowest BCUT2D eigenvalue weighted by Gasteiger charge is -2.14. The molecule has 2 aromatic carbocycles. The highest BCUT2D eigenvalue weighted by Crippen LogP contribution is 2.22. The monoisotopic (exact) mass is 417 g/mol. The van der Waals surface area contributed by atoms with E-state index in [1.165, 1.54) is 19.5 Å². The maximum absolute atomic E-state index is 13.2. The van der Waals surface area contributed by atoms with E-state index in [2.05, 4.69) is 15.3 Å². The standard InChI is InChI=1S/C22H19N5O4/c1-31-17-10-6-5-9-16(17)25-18(28)14-26-20-19(23-11-12-24-20)21(29)27(22(26)30)13-15-7-3-2-4-8-15/h2-12H,13-14H2,1H3,(H,25,28). The number of hydrogen-bond acceptors (Lipinski definition) is 6. The molecule has 0 bridgehead atoms. The summed E-state index contributed by atoms with van der Waals surface area (Å²) in [6, 6.07) is 16.0. The van der Waals surface area contributed by atoms with Gasteiger partial charge in [0, 0.05) is 12.4 Å². The van der Waals surface area contributed by atoms with Gasteiger partial charge in [0.25, 0.3) is 5.56 Å². The van der Waals surface area contributed by atoms with Gasteiger partial charge >= 0.3 is 5.69 Å². The van der Waals surface area contributed by atoms with E-state index in [9.17, 15) is 14.4 Å². The van der Waals surface area contributed by atoms with E-state index in [-0.39, 0.29) is 24.3 Å². The average molecular weight is 417 g/mol. The zero-order chi connectivity index (χ0) is 21.8. The van der Waals surface area contributed by atoms with Gasteiger partial charge in [-0.15, -0.1) is 0 Å². The van der Waals surface area contributed by atoms with Crippen LogP contribution < -0.4 is 21.3 Å². The third-order valence-corrected chi connectivity index (χ3v) is 4.71. The second kappa shape index (κ2) is 8.62. The molecule has 0 unspecified atom stereocenters. The van der Waals surface area contributed by atoms with E-state index in [1.807, 2.05) is 30.3 Å². The van der Waals surface area contributed by atoms with Gasteiger partial charge in [0.1, 0.15) is 12.3 Å². The molecule has 9 nitrogen and oxygen atoms in total. The van der Waals surface area contributed by atoms with Gasteiger partial charge in [-0.2, -0.15) is 0 Å². The Morgan fingerprint density at radius 2 is 1.68 bits per heavy atom. The van der Waals surface area contributed by atoms with E-state index in [4.69, 9.17) is 4.74 Å². The number of anilines is 1. The minimum Gasteiger partial charge on any atom is -0.495 e. The molecule has 0 atom stereocenters. The summed E-state index contributed by atoms with van der Waals surface area (Å²) < 4.78 is 7.45. The minimum atomic E-state index is -0.642. The molecule has 31 heavy (non-hydrogen) atoms. The summed E-state index contributed by atoms with van der Waals surface area (Å²) in [6.07, 6.45) is 2.75. The highest BCUT2D eigenvalue weighted by Gasteiger charge is 2.18. The van der Waals surface area contributed by atoms with Crippen molar-refractivity contribution in [1.82, 2.24) is 19.1 Å². The molecule has 0 spiro atoms. The second-order valence-electron chi connectivity index (χ2n) is 6.72. The van der Waals surface area contributed by atoms with E-state index in [1.54, 1.807) is 24.3 Å². The quantitative estimate of drug-likeness (QED) is 0.511. The number of para-hydroxylation sites is 2. The van der Waals surface area contributed by atoms with Crippen LogP contribution in [0.15, 0.2) is 76.6 Å². The third kappa shape index (κ3) is 4.06. The molecule has 0 saturated heterocycles. The molecule has 2 aromatic heterocycles. The zero-order valence-electron chi connectivity index (χ0n) is 16.7. The van der Waals surface area contributed by atoms with Gasteiger partial charge in [-0.1, -0.05) is 42.5 Å². The first-order chi connectivity index (χ1) is 15.1. The largest absolute Gasteiger partial charge is 0.495 e. The minimum absolute atomic E-state index is 0.0168. The SMILES string of the molecule is COc1ccccc1NC(=O)Cn1c(=O)n(Cc2ccccc2)c(=O)c2nccnc21. The molecule has 0 radical (unpaired) electrons. The van der Waals surface area contributed by atoms with Crippen LogP contribution in [0, 0.1) is 0 Å². The zero-order valence-corrected chi connectivity index (χ0v) is 16.7. The summed E-state index contributed by atoms with van der Waals surface area (Å²) >= 11 is 0. The molecule has 1 N–H and O–H groups in total. The van der Waals surface area contributed by atoms with Gasteiger partial charge in [-0.3, -0.25) is 18.7 Å². The topological polar surface area (TPSA) is 108 Å². The van der Waals surface area contributed by atoms with Gasteiger partial charge in [0.2, 0.25) is 5.91 Å². The number of amides is 1. The lowest BCUT2D eigenvalue weighted by atomic mass is 10.2. The molecular formula is C22H19N5O4. The Labute approximate surface area is 176 Å². The predicted molar refractivity (Wildman–Crippen MR) is 115 cm³/mol.